The Hall–Kier alpha value is -1.77. The van der Waals surface area contributed by atoms with Crippen LogP contribution in [-0.2, 0) is 43.9 Å². The Balaban J connectivity index is 1.13. The van der Waals surface area contributed by atoms with Crippen LogP contribution in [0.25, 0.3) is 22.3 Å². The molecule has 44 heavy (non-hydrogen) atoms. The highest BCUT2D eigenvalue weighted by molar-refractivity contribution is 8.44. The van der Waals surface area contributed by atoms with Crippen molar-refractivity contribution in [2.75, 3.05) is 24.7 Å². The van der Waals surface area contributed by atoms with Gasteiger partial charge in [0.25, 0.3) is 0 Å². The van der Waals surface area contributed by atoms with Gasteiger partial charge in [0.1, 0.15) is 41.8 Å². The van der Waals surface area contributed by atoms with Crippen LogP contribution >= 0.6 is 49.0 Å². The number of rotatable bonds is 2. The van der Waals surface area contributed by atoms with Crippen LogP contribution in [0.15, 0.2) is 12.7 Å². The third-order valence-corrected chi connectivity index (χ3v) is 10.7. The number of hydrogen-bond acceptors (Lipinski definition) is 16. The standard InChI is InChI=1S/C20H22Cl2N10O8P2S2/c21-19-27-15(23)13-17(29-19)31(5-25-13)11-1-7-9(37-11)3-35-42(34,44)40-8-2-12(38-10(8)4-36-41(33,43)39-7)32-6-26-14-16(24)28-20(22)30-18(14)32/h5-12H,1-4H2,(H,33,43)(H,34,44)(H2,23,27,29)(H2,24,28,30)/t7?,8?,9-,10-,11-,12-,41?,42?/m1/s1. The van der Waals surface area contributed by atoms with Crippen LogP contribution in [0.1, 0.15) is 25.3 Å². The van der Waals surface area contributed by atoms with Crippen LogP contribution < -0.4 is 11.5 Å². The third kappa shape index (κ3) is 5.92. The molecule has 236 valence electrons. The van der Waals surface area contributed by atoms with E-state index in [4.69, 9.17) is 74.0 Å². The van der Waals surface area contributed by atoms with Gasteiger partial charge in [-0.25, -0.2) is 14.5 Å². The maximum absolute atomic E-state index is 13.4. The lowest BCUT2D eigenvalue weighted by atomic mass is 10.2. The van der Waals surface area contributed by atoms with Crippen molar-refractivity contribution >= 4 is 94.7 Å². The number of imidazole rings is 2. The minimum Gasteiger partial charge on any atom is -0.382 e. The lowest BCUT2D eigenvalue weighted by Gasteiger charge is -2.28. The van der Waals surface area contributed by atoms with Crippen molar-refractivity contribution in [3.05, 3.63) is 23.2 Å². The summed E-state index contributed by atoms with van der Waals surface area (Å²) in [5.74, 6) is 0.180. The molecule has 4 unspecified atom stereocenters. The van der Waals surface area contributed by atoms with Crippen LogP contribution in [0.2, 0.25) is 10.6 Å². The average Bonchev–Trinajstić information content (AvgIpc) is 3.70. The molecule has 0 amide bonds. The van der Waals surface area contributed by atoms with E-state index in [-0.39, 0.29) is 48.3 Å². The fourth-order valence-electron chi connectivity index (χ4n) is 5.25. The summed E-state index contributed by atoms with van der Waals surface area (Å²) in [5, 5.41) is -0.157. The van der Waals surface area contributed by atoms with E-state index in [0.29, 0.717) is 22.3 Å². The first-order valence-corrected chi connectivity index (χ1v) is 18.8. The van der Waals surface area contributed by atoms with Crippen LogP contribution in [0, 0.1) is 0 Å². The molecule has 5 N–H and O–H groups in total. The van der Waals surface area contributed by atoms with Crippen molar-refractivity contribution in [2.45, 2.75) is 49.7 Å². The topological polar surface area (TPSA) is 232 Å². The molecule has 3 saturated heterocycles. The Morgan fingerprint density at radius 2 is 1.32 bits per heavy atom. The molecule has 24 heteroatoms. The lowest BCUT2D eigenvalue weighted by Crippen LogP contribution is -2.32. The normalized spacial score (nSPS) is 34.9. The van der Waals surface area contributed by atoms with Gasteiger partial charge in [-0.2, -0.15) is 19.9 Å². The first-order chi connectivity index (χ1) is 20.9. The van der Waals surface area contributed by atoms with Crippen LogP contribution in [0.5, 0.6) is 0 Å². The van der Waals surface area contributed by atoms with Crippen molar-refractivity contribution in [3.8, 4) is 0 Å². The van der Waals surface area contributed by atoms with Gasteiger partial charge < -0.3 is 34.9 Å². The van der Waals surface area contributed by atoms with Gasteiger partial charge in [0.2, 0.25) is 10.6 Å². The molecule has 0 saturated carbocycles. The van der Waals surface area contributed by atoms with Crippen LogP contribution in [-0.4, -0.2) is 81.6 Å². The van der Waals surface area contributed by atoms with E-state index >= 15 is 0 Å². The minimum atomic E-state index is -4.01. The second-order valence-electron chi connectivity index (χ2n) is 9.95. The first kappa shape index (κ1) is 30.9. The Labute approximate surface area is 267 Å². The molecule has 0 aliphatic carbocycles. The van der Waals surface area contributed by atoms with E-state index in [2.05, 4.69) is 42.2 Å². The molecular weight excluding hydrogens is 705 g/mol. The van der Waals surface area contributed by atoms with Gasteiger partial charge in [0.05, 0.1) is 32.0 Å². The summed E-state index contributed by atoms with van der Waals surface area (Å²) in [6.07, 6.45) is -1.80. The number of aromatic nitrogens is 8. The lowest BCUT2D eigenvalue weighted by molar-refractivity contribution is -0.0557. The van der Waals surface area contributed by atoms with Crippen molar-refractivity contribution in [1.29, 1.82) is 0 Å². The molecule has 18 nitrogen and oxygen atoms in total. The number of halogens is 2. The van der Waals surface area contributed by atoms with E-state index in [1.807, 2.05) is 0 Å². The molecule has 3 fully saturated rings. The molecule has 4 aromatic heterocycles. The maximum atomic E-state index is 13.4. The van der Waals surface area contributed by atoms with Crippen LogP contribution in [0.4, 0.5) is 11.6 Å². The predicted octanol–water partition coefficient (Wildman–Crippen LogP) is 2.78. The Bertz CT molecular complexity index is 1740. The zero-order valence-corrected chi connectivity index (χ0v) is 27.0. The second kappa shape index (κ2) is 11.5. The van der Waals surface area contributed by atoms with E-state index in [1.165, 1.54) is 12.7 Å². The highest BCUT2D eigenvalue weighted by Gasteiger charge is 2.46. The van der Waals surface area contributed by atoms with E-state index < -0.39 is 50.4 Å². The van der Waals surface area contributed by atoms with Crippen molar-refractivity contribution < 1.29 is 37.0 Å². The quantitative estimate of drug-likeness (QED) is 0.132. The second-order valence-corrected chi connectivity index (χ2v) is 16.3. The highest BCUT2D eigenvalue weighted by Crippen LogP contribution is 2.58. The summed E-state index contributed by atoms with van der Waals surface area (Å²) in [6, 6.07) is 0. The van der Waals surface area contributed by atoms with Crippen LogP contribution in [0.3, 0.4) is 0 Å². The number of nitrogen functional groups attached to an aromatic ring is 2. The monoisotopic (exact) mass is 726 g/mol. The number of nitrogens with two attached hydrogens (primary N) is 2. The number of thiol groups is 1. The Kier molecular flexibility index (Phi) is 8.05. The number of fused-ring (bicyclic) bond motifs is 4. The molecular formula is C20H22Cl2N10O8P2S2. The van der Waals surface area contributed by atoms with Crippen molar-refractivity contribution in [3.63, 3.8) is 0 Å². The minimum absolute atomic E-state index is 0.0781. The van der Waals surface area contributed by atoms with Crippen molar-refractivity contribution in [1.82, 2.24) is 39.0 Å². The fourth-order valence-corrected chi connectivity index (χ4v) is 8.59. The largest absolute Gasteiger partial charge is 0.386 e. The van der Waals surface area contributed by atoms with E-state index in [1.54, 1.807) is 9.13 Å². The molecule has 8 atom stereocenters. The number of nitrogens with zero attached hydrogens (tertiary/aromatic N) is 8. The molecule has 7 rings (SSSR count). The summed E-state index contributed by atoms with van der Waals surface area (Å²) in [7, 11) is 0. The fraction of sp³-hybridized carbons (Fsp3) is 0.500. The zero-order chi connectivity index (χ0) is 31.0. The molecule has 3 aliphatic heterocycles. The summed E-state index contributed by atoms with van der Waals surface area (Å²) in [4.78, 5) is 35.7. The molecule has 0 bridgehead atoms. The first-order valence-electron chi connectivity index (χ1n) is 12.8. The highest BCUT2D eigenvalue weighted by atomic mass is 35.5. The molecule has 0 spiro atoms. The van der Waals surface area contributed by atoms with E-state index in [0.717, 1.165) is 0 Å². The summed E-state index contributed by atoms with van der Waals surface area (Å²) < 4.78 is 51.9. The maximum Gasteiger partial charge on any atom is 0.386 e. The van der Waals surface area contributed by atoms with Gasteiger partial charge >= 0.3 is 13.5 Å². The van der Waals surface area contributed by atoms with Gasteiger partial charge in [-0.1, -0.05) is 12.2 Å². The van der Waals surface area contributed by atoms with Gasteiger partial charge in [-0.05, 0) is 35.0 Å². The molecule has 3 aliphatic rings. The van der Waals surface area contributed by atoms with Gasteiger partial charge in [-0.15, -0.1) is 0 Å². The third-order valence-electron chi connectivity index (χ3n) is 7.16. The number of anilines is 2. The molecule has 4 aromatic rings. The average molecular weight is 727 g/mol. The Morgan fingerprint density at radius 1 is 0.841 bits per heavy atom. The summed E-state index contributed by atoms with van der Waals surface area (Å²) in [6.45, 7) is -8.47. The SMILES string of the molecule is Nc1nc(Cl)nc2c1ncn2[C@H]1CC2OP(=O)(S)OC[C@H]3O[C@@H](n4cnc5c(N)nc(Cl)nc54)CC3OP(O)(=S)OC[C@H]2O1. The molecule has 0 radical (unpaired) electrons. The van der Waals surface area contributed by atoms with Crippen molar-refractivity contribution in [2.24, 2.45) is 0 Å². The zero-order valence-electron chi connectivity index (χ0n) is 22.0. The molecule has 7 heterocycles. The van der Waals surface area contributed by atoms with Gasteiger partial charge in [0, 0.05) is 12.8 Å². The Morgan fingerprint density at radius 3 is 1.84 bits per heavy atom. The predicted molar refractivity (Wildman–Crippen MR) is 161 cm³/mol. The smallest absolute Gasteiger partial charge is 0.382 e. The van der Waals surface area contributed by atoms with E-state index in [9.17, 15) is 9.46 Å². The molecule has 0 aromatic carbocycles. The van der Waals surface area contributed by atoms with Gasteiger partial charge in [0.15, 0.2) is 22.9 Å². The summed E-state index contributed by atoms with van der Waals surface area (Å²) in [5.41, 5.74) is 13.1. The summed E-state index contributed by atoms with van der Waals surface area (Å²) >= 11 is 21.5. The number of hydrogen-bond donors (Lipinski definition) is 4. The number of ether oxygens (including phenoxy) is 2. The van der Waals surface area contributed by atoms with Gasteiger partial charge in [-0.3, -0.25) is 18.2 Å².